The summed E-state index contributed by atoms with van der Waals surface area (Å²) in [4.78, 5) is 25.2. The van der Waals surface area contributed by atoms with Crippen molar-refractivity contribution in [2.24, 2.45) is 11.8 Å². The molecule has 25 heavy (non-hydrogen) atoms. The summed E-state index contributed by atoms with van der Waals surface area (Å²) in [6.07, 6.45) is 1.62. The van der Waals surface area contributed by atoms with Crippen molar-refractivity contribution in [3.63, 3.8) is 0 Å². The number of carboxylic acids is 1. The lowest BCUT2D eigenvalue weighted by Crippen LogP contribution is -2.31. The highest BCUT2D eigenvalue weighted by Gasteiger charge is 2.36. The molecule has 1 amide bonds. The van der Waals surface area contributed by atoms with E-state index >= 15 is 0 Å². The lowest BCUT2D eigenvalue weighted by Gasteiger charge is -2.15. The Hall–Kier alpha value is -2.35. The van der Waals surface area contributed by atoms with E-state index in [2.05, 4.69) is 10.2 Å². The van der Waals surface area contributed by atoms with Crippen LogP contribution in [0.3, 0.4) is 0 Å². The average Bonchev–Trinajstić information content (AvgIpc) is 3.20. The summed E-state index contributed by atoms with van der Waals surface area (Å²) in [5.41, 5.74) is 2.10. The molecule has 132 valence electrons. The maximum Gasteiger partial charge on any atom is 0.308 e. The second-order valence-electron chi connectivity index (χ2n) is 6.33. The first-order valence-electron chi connectivity index (χ1n) is 8.06. The van der Waals surface area contributed by atoms with Crippen LogP contribution in [0.25, 0.3) is 5.69 Å². The molecule has 2 atom stereocenters. The van der Waals surface area contributed by atoms with Gasteiger partial charge in [-0.3, -0.25) is 14.2 Å². The zero-order valence-electron chi connectivity index (χ0n) is 14.1. The first-order valence-corrected chi connectivity index (χ1v) is 9.04. The van der Waals surface area contributed by atoms with Crippen LogP contribution in [0.5, 0.6) is 0 Å². The van der Waals surface area contributed by atoms with E-state index < -0.39 is 11.9 Å². The lowest BCUT2D eigenvalue weighted by molar-refractivity contribution is -0.142. The van der Waals surface area contributed by atoms with Gasteiger partial charge in [0.05, 0.1) is 11.7 Å². The fourth-order valence-corrected chi connectivity index (χ4v) is 3.75. The van der Waals surface area contributed by atoms with Gasteiger partial charge in [-0.1, -0.05) is 36.4 Å². The second-order valence-corrected chi connectivity index (χ2v) is 7.27. The lowest BCUT2D eigenvalue weighted by atomic mass is 9.99. The van der Waals surface area contributed by atoms with E-state index in [1.54, 1.807) is 11.2 Å². The Bertz CT molecular complexity index is 774. The normalized spacial score (nSPS) is 20.0. The highest BCUT2D eigenvalue weighted by molar-refractivity contribution is 7.99. The number of thioether (sulfide) groups is 1. The quantitative estimate of drug-likeness (QED) is 0.819. The molecule has 1 aliphatic rings. The summed E-state index contributed by atoms with van der Waals surface area (Å²) in [7, 11) is 0. The molecular formula is C17H20N4O3S. The zero-order valence-corrected chi connectivity index (χ0v) is 14.9. The molecule has 0 saturated carbocycles. The van der Waals surface area contributed by atoms with Crippen molar-refractivity contribution < 1.29 is 14.7 Å². The number of nitrogens with zero attached hydrogens (tertiary/aromatic N) is 4. The topological polar surface area (TPSA) is 88.3 Å². The van der Waals surface area contributed by atoms with Crippen molar-refractivity contribution in [2.45, 2.75) is 19.0 Å². The van der Waals surface area contributed by atoms with E-state index in [0.29, 0.717) is 11.7 Å². The van der Waals surface area contributed by atoms with Crippen molar-refractivity contribution in [1.29, 1.82) is 0 Å². The van der Waals surface area contributed by atoms with Gasteiger partial charge in [0.2, 0.25) is 5.91 Å². The Morgan fingerprint density at radius 2 is 2.00 bits per heavy atom. The van der Waals surface area contributed by atoms with Gasteiger partial charge in [0.1, 0.15) is 6.33 Å². The summed E-state index contributed by atoms with van der Waals surface area (Å²) >= 11 is 1.31. The highest BCUT2D eigenvalue weighted by atomic mass is 32.2. The van der Waals surface area contributed by atoms with E-state index in [0.717, 1.165) is 11.3 Å². The number of rotatable bonds is 5. The van der Waals surface area contributed by atoms with E-state index in [1.807, 2.05) is 42.7 Å². The third-order valence-corrected chi connectivity index (χ3v) is 5.36. The molecule has 7 nitrogen and oxygen atoms in total. The van der Waals surface area contributed by atoms with Gasteiger partial charge >= 0.3 is 5.97 Å². The standard InChI is InChI=1S/C17H20N4O3S/c1-11-3-5-13(6-4-11)21-10-18-19-17(21)25-9-15(22)20-7-12(2)14(8-20)16(23)24/h3-6,10,12,14H,7-9H2,1-2H3,(H,23,24)/t12-,14-/m1/s1. The summed E-state index contributed by atoms with van der Waals surface area (Å²) in [5.74, 6) is -1.20. The van der Waals surface area contributed by atoms with Crippen LogP contribution in [0.2, 0.25) is 0 Å². The van der Waals surface area contributed by atoms with Gasteiger partial charge in [0, 0.05) is 18.8 Å². The summed E-state index contributed by atoms with van der Waals surface area (Å²) < 4.78 is 1.84. The third kappa shape index (κ3) is 3.84. The van der Waals surface area contributed by atoms with Crippen molar-refractivity contribution in [1.82, 2.24) is 19.7 Å². The van der Waals surface area contributed by atoms with Crippen molar-refractivity contribution in [3.05, 3.63) is 36.2 Å². The van der Waals surface area contributed by atoms with Crippen LogP contribution in [-0.4, -0.2) is 55.5 Å². The summed E-state index contributed by atoms with van der Waals surface area (Å²) in [6.45, 7) is 4.65. The first kappa shape index (κ1) is 17.5. The first-order chi connectivity index (χ1) is 12.0. The Morgan fingerprint density at radius 3 is 2.64 bits per heavy atom. The van der Waals surface area contributed by atoms with Gasteiger partial charge in [0.15, 0.2) is 5.16 Å². The number of likely N-dealkylation sites (tertiary alicyclic amines) is 1. The largest absolute Gasteiger partial charge is 0.481 e. The molecule has 1 N–H and O–H groups in total. The highest BCUT2D eigenvalue weighted by Crippen LogP contribution is 2.25. The van der Waals surface area contributed by atoms with E-state index in [4.69, 9.17) is 0 Å². The molecular weight excluding hydrogens is 340 g/mol. The van der Waals surface area contributed by atoms with Gasteiger partial charge in [-0.05, 0) is 25.0 Å². The SMILES string of the molecule is Cc1ccc(-n2cnnc2SCC(=O)N2C[C@@H](C)[C@H](C(=O)O)C2)cc1. The minimum atomic E-state index is -0.838. The van der Waals surface area contributed by atoms with Crippen LogP contribution in [0, 0.1) is 18.8 Å². The van der Waals surface area contributed by atoms with Crippen LogP contribution >= 0.6 is 11.8 Å². The number of carboxylic acid groups (broad SMARTS) is 1. The number of hydrogen-bond donors (Lipinski definition) is 1. The van der Waals surface area contributed by atoms with E-state index in [9.17, 15) is 14.7 Å². The number of aromatic nitrogens is 3. The monoisotopic (exact) mass is 360 g/mol. The van der Waals surface area contributed by atoms with Gasteiger partial charge < -0.3 is 10.0 Å². The number of aryl methyl sites for hydroxylation is 1. The van der Waals surface area contributed by atoms with Gasteiger partial charge in [-0.25, -0.2) is 0 Å². The number of hydrogen-bond acceptors (Lipinski definition) is 5. The molecule has 0 bridgehead atoms. The number of aliphatic carboxylic acids is 1. The number of carbonyl (C=O) groups is 2. The fraction of sp³-hybridized carbons (Fsp3) is 0.412. The molecule has 2 heterocycles. The number of carbonyl (C=O) groups excluding carboxylic acids is 1. The van der Waals surface area contributed by atoms with Gasteiger partial charge in [0.25, 0.3) is 0 Å². The second kappa shape index (κ2) is 7.26. The smallest absolute Gasteiger partial charge is 0.308 e. The Balaban J connectivity index is 1.63. The molecule has 1 aromatic heterocycles. The van der Waals surface area contributed by atoms with Crippen LogP contribution in [0.4, 0.5) is 0 Å². The summed E-state index contributed by atoms with van der Waals surface area (Å²) in [6, 6.07) is 7.97. The predicted octanol–water partition coefficient (Wildman–Crippen LogP) is 1.85. The minimum absolute atomic E-state index is 0.0253. The molecule has 8 heteroatoms. The molecule has 0 spiro atoms. The Labute approximate surface area is 150 Å². The minimum Gasteiger partial charge on any atom is -0.481 e. The third-order valence-electron chi connectivity index (χ3n) is 4.44. The van der Waals surface area contributed by atoms with Gasteiger partial charge in [-0.15, -0.1) is 10.2 Å². The average molecular weight is 360 g/mol. The molecule has 0 radical (unpaired) electrons. The van der Waals surface area contributed by atoms with Crippen LogP contribution in [0.1, 0.15) is 12.5 Å². The number of benzene rings is 1. The summed E-state index contributed by atoms with van der Waals surface area (Å²) in [5, 5.41) is 17.8. The predicted molar refractivity (Wildman–Crippen MR) is 93.7 cm³/mol. The van der Waals surface area contributed by atoms with E-state index in [1.165, 1.54) is 11.8 Å². The maximum absolute atomic E-state index is 12.4. The molecule has 0 unspecified atom stereocenters. The van der Waals surface area contributed by atoms with E-state index in [-0.39, 0.29) is 24.1 Å². The maximum atomic E-state index is 12.4. The van der Waals surface area contributed by atoms with Crippen LogP contribution < -0.4 is 0 Å². The van der Waals surface area contributed by atoms with Crippen molar-refractivity contribution in [3.8, 4) is 5.69 Å². The number of amides is 1. The Kier molecular flexibility index (Phi) is 5.08. The molecule has 3 rings (SSSR count). The van der Waals surface area contributed by atoms with Crippen LogP contribution in [0.15, 0.2) is 35.7 Å². The van der Waals surface area contributed by atoms with Crippen molar-refractivity contribution >= 4 is 23.6 Å². The molecule has 1 saturated heterocycles. The zero-order chi connectivity index (χ0) is 18.0. The molecule has 1 aromatic carbocycles. The van der Waals surface area contributed by atoms with Crippen LogP contribution in [-0.2, 0) is 9.59 Å². The van der Waals surface area contributed by atoms with Gasteiger partial charge in [-0.2, -0.15) is 0 Å². The molecule has 1 fully saturated rings. The Morgan fingerprint density at radius 1 is 1.28 bits per heavy atom. The molecule has 2 aromatic rings. The van der Waals surface area contributed by atoms with Crippen molar-refractivity contribution in [2.75, 3.05) is 18.8 Å². The fourth-order valence-electron chi connectivity index (χ4n) is 2.91. The molecule has 0 aliphatic carbocycles. The molecule has 1 aliphatic heterocycles.